The zero-order valence-corrected chi connectivity index (χ0v) is 11.4. The molecule has 12 heteroatoms. The second-order valence-corrected chi connectivity index (χ2v) is 5.93. The maximum absolute atomic E-state index is 11.0. The van der Waals surface area contributed by atoms with Crippen LogP contribution in [0.5, 0.6) is 0 Å². The summed E-state index contributed by atoms with van der Waals surface area (Å²) in [6.45, 7) is 3.97. The molecule has 0 saturated carbocycles. The van der Waals surface area contributed by atoms with E-state index in [9.17, 15) is 9.13 Å². The average Bonchev–Trinajstić information content (AvgIpc) is 2.79. The Morgan fingerprint density at radius 1 is 1.33 bits per heavy atom. The predicted octanol–water partition coefficient (Wildman–Crippen LogP) is 0.882. The highest BCUT2D eigenvalue weighted by atomic mass is 31.3. The molecule has 1 saturated heterocycles. The van der Waals surface area contributed by atoms with Crippen molar-refractivity contribution in [2.24, 2.45) is 0 Å². The molecule has 18 heavy (non-hydrogen) atoms. The standard InChI is InChI=1S/C6H12O8P2.2H3N/c1-5(6-4-12-6)2-3-13-16(10,11)14-15(7,8)9;;/h6H,1-4H2,(H,10,11)(H2,7,8,9);2*1H3. The molecule has 0 aromatic rings. The van der Waals surface area contributed by atoms with Crippen LogP contribution in [-0.2, 0) is 22.7 Å². The summed E-state index contributed by atoms with van der Waals surface area (Å²) in [5.41, 5.74) is 0.691. The van der Waals surface area contributed by atoms with Gasteiger partial charge in [0.1, 0.15) is 6.10 Å². The van der Waals surface area contributed by atoms with Crippen molar-refractivity contribution >= 4 is 15.6 Å². The summed E-state index contributed by atoms with van der Waals surface area (Å²) in [5.74, 6) is 0. The highest BCUT2D eigenvalue weighted by Crippen LogP contribution is 2.57. The van der Waals surface area contributed by atoms with Gasteiger partial charge >= 0.3 is 15.6 Å². The zero-order valence-electron chi connectivity index (χ0n) is 9.60. The maximum Gasteiger partial charge on any atom is 0.481 e. The highest BCUT2D eigenvalue weighted by molar-refractivity contribution is 7.60. The summed E-state index contributed by atoms with van der Waals surface area (Å²) in [7, 11) is -9.77. The molecule has 0 spiro atoms. The Hall–Kier alpha value is -0.120. The van der Waals surface area contributed by atoms with E-state index in [1.165, 1.54) is 0 Å². The predicted molar refractivity (Wildman–Crippen MR) is 62.4 cm³/mol. The van der Waals surface area contributed by atoms with Gasteiger partial charge in [0.05, 0.1) is 13.2 Å². The van der Waals surface area contributed by atoms with Gasteiger partial charge in [0.25, 0.3) is 0 Å². The monoisotopic (exact) mass is 308 g/mol. The smallest absolute Gasteiger partial charge is 0.368 e. The first-order valence-corrected chi connectivity index (χ1v) is 7.26. The molecule has 10 nitrogen and oxygen atoms in total. The Morgan fingerprint density at radius 2 is 1.83 bits per heavy atom. The van der Waals surface area contributed by atoms with Crippen molar-refractivity contribution in [2.75, 3.05) is 13.2 Å². The van der Waals surface area contributed by atoms with Gasteiger partial charge < -0.3 is 31.7 Å². The molecule has 0 bridgehead atoms. The van der Waals surface area contributed by atoms with E-state index in [1.807, 2.05) is 0 Å². The minimum Gasteiger partial charge on any atom is -0.368 e. The van der Waals surface area contributed by atoms with Crippen molar-refractivity contribution in [2.45, 2.75) is 12.5 Å². The molecule has 110 valence electrons. The van der Waals surface area contributed by atoms with E-state index in [1.54, 1.807) is 0 Å². The first kappa shape index (κ1) is 20.2. The van der Waals surface area contributed by atoms with Crippen molar-refractivity contribution in [1.82, 2.24) is 12.3 Å². The van der Waals surface area contributed by atoms with E-state index in [0.29, 0.717) is 12.2 Å². The van der Waals surface area contributed by atoms with E-state index < -0.39 is 15.6 Å². The van der Waals surface area contributed by atoms with Crippen LogP contribution < -0.4 is 12.3 Å². The van der Waals surface area contributed by atoms with Gasteiger partial charge in [-0.2, -0.15) is 4.31 Å². The fourth-order valence-electron chi connectivity index (χ4n) is 0.895. The fraction of sp³-hybridized carbons (Fsp3) is 0.667. The van der Waals surface area contributed by atoms with Gasteiger partial charge in [0.2, 0.25) is 0 Å². The van der Waals surface area contributed by atoms with Crippen LogP contribution in [-0.4, -0.2) is 34.0 Å². The lowest BCUT2D eigenvalue weighted by molar-refractivity contribution is 0.179. The summed E-state index contributed by atoms with van der Waals surface area (Å²) in [4.78, 5) is 25.5. The Balaban J connectivity index is 0. The van der Waals surface area contributed by atoms with Crippen LogP contribution in [0, 0.1) is 0 Å². The van der Waals surface area contributed by atoms with Crippen LogP contribution in [0.15, 0.2) is 12.2 Å². The summed E-state index contributed by atoms with van der Waals surface area (Å²) in [6.07, 6.45) is 0.198. The minimum absolute atomic E-state index is 0. The van der Waals surface area contributed by atoms with Gasteiger partial charge in [0.15, 0.2) is 0 Å². The maximum atomic E-state index is 11.0. The third kappa shape index (κ3) is 8.90. The van der Waals surface area contributed by atoms with Gasteiger partial charge in [-0.15, -0.1) is 0 Å². The molecule has 0 aromatic carbocycles. The molecule has 0 aliphatic carbocycles. The van der Waals surface area contributed by atoms with Gasteiger partial charge in [0, 0.05) is 0 Å². The van der Waals surface area contributed by atoms with Crippen molar-refractivity contribution in [3.05, 3.63) is 12.2 Å². The molecule has 1 heterocycles. The number of phosphoric ester groups is 1. The first-order valence-electron chi connectivity index (χ1n) is 4.23. The first-order chi connectivity index (χ1) is 7.20. The lowest BCUT2D eigenvalue weighted by atomic mass is 10.2. The Morgan fingerprint density at radius 3 is 2.22 bits per heavy atom. The lowest BCUT2D eigenvalue weighted by Crippen LogP contribution is -2.00. The summed E-state index contributed by atoms with van der Waals surface area (Å²) >= 11 is 0. The minimum atomic E-state index is -5.04. The molecule has 1 aliphatic heterocycles. The molecule has 1 fully saturated rings. The molecular weight excluding hydrogens is 290 g/mol. The summed E-state index contributed by atoms with van der Waals surface area (Å²) < 4.78 is 34.0. The van der Waals surface area contributed by atoms with Crippen molar-refractivity contribution < 1.29 is 37.4 Å². The van der Waals surface area contributed by atoms with Crippen LogP contribution in [0.25, 0.3) is 0 Å². The van der Waals surface area contributed by atoms with Crippen LogP contribution in [0.1, 0.15) is 6.42 Å². The normalized spacial score (nSPS) is 21.2. The second kappa shape index (κ2) is 7.46. The summed E-state index contributed by atoms with van der Waals surface area (Å²) in [5, 5.41) is 0. The van der Waals surface area contributed by atoms with Crippen molar-refractivity contribution in [1.29, 1.82) is 0 Å². The van der Waals surface area contributed by atoms with Crippen LogP contribution in [0.4, 0.5) is 0 Å². The van der Waals surface area contributed by atoms with E-state index in [-0.39, 0.29) is 31.4 Å². The van der Waals surface area contributed by atoms with E-state index in [0.717, 1.165) is 0 Å². The number of ether oxygens (including phenoxy) is 1. The van der Waals surface area contributed by atoms with Gasteiger partial charge in [-0.25, -0.2) is 9.13 Å². The van der Waals surface area contributed by atoms with Crippen LogP contribution >= 0.6 is 15.6 Å². The van der Waals surface area contributed by atoms with Gasteiger partial charge in [-0.05, 0) is 12.0 Å². The molecule has 0 amide bonds. The molecular formula is C6H18N2O8P2. The molecule has 2 unspecified atom stereocenters. The number of rotatable bonds is 7. The number of hydrogen-bond acceptors (Lipinski definition) is 7. The Bertz CT molecular complexity index is 365. The zero-order chi connectivity index (χ0) is 12.4. The van der Waals surface area contributed by atoms with Crippen LogP contribution in [0.3, 0.4) is 0 Å². The van der Waals surface area contributed by atoms with Crippen molar-refractivity contribution in [3.8, 4) is 0 Å². The Kier molecular flexibility index (Phi) is 8.38. The SMILES string of the molecule is C=C(CCOP(=O)(O)OP(=O)(O)O)C1CO1.N.N. The number of hydrogen-bond donors (Lipinski definition) is 5. The lowest BCUT2D eigenvalue weighted by Gasteiger charge is -2.12. The van der Waals surface area contributed by atoms with Gasteiger partial charge in [-0.1, -0.05) is 6.58 Å². The molecule has 2 atom stereocenters. The van der Waals surface area contributed by atoms with Crippen LogP contribution in [0.2, 0.25) is 0 Å². The molecule has 9 N–H and O–H groups in total. The largest absolute Gasteiger partial charge is 0.481 e. The topological polar surface area (TPSA) is 196 Å². The highest BCUT2D eigenvalue weighted by Gasteiger charge is 2.32. The third-order valence-corrected chi connectivity index (χ3v) is 3.86. The Labute approximate surface area is 104 Å². The summed E-state index contributed by atoms with van der Waals surface area (Å²) in [6, 6.07) is 0. The molecule has 1 rings (SSSR count). The van der Waals surface area contributed by atoms with E-state index >= 15 is 0 Å². The second-order valence-electron chi connectivity index (χ2n) is 3.10. The van der Waals surface area contributed by atoms with Crippen molar-refractivity contribution in [3.63, 3.8) is 0 Å². The molecule has 0 radical (unpaired) electrons. The third-order valence-electron chi connectivity index (χ3n) is 1.68. The number of epoxide rings is 1. The number of phosphoric acid groups is 2. The molecule has 0 aromatic heterocycles. The van der Waals surface area contributed by atoms with Gasteiger partial charge in [-0.3, -0.25) is 4.52 Å². The van der Waals surface area contributed by atoms with E-state index in [2.05, 4.69) is 15.4 Å². The van der Waals surface area contributed by atoms with E-state index in [4.69, 9.17) is 19.4 Å². The molecule has 1 aliphatic rings. The fourth-order valence-corrected chi connectivity index (χ4v) is 2.48. The quantitative estimate of drug-likeness (QED) is 0.255. The average molecular weight is 308 g/mol.